The van der Waals surface area contributed by atoms with Crippen LogP contribution in [0, 0.1) is 18.3 Å². The third kappa shape index (κ3) is 3.19. The number of benzene rings is 1. The van der Waals surface area contributed by atoms with Crippen LogP contribution in [0.5, 0.6) is 5.75 Å². The van der Waals surface area contributed by atoms with E-state index < -0.39 is 0 Å². The summed E-state index contributed by atoms with van der Waals surface area (Å²) >= 11 is 0. The third-order valence-corrected chi connectivity index (χ3v) is 3.13. The molecule has 0 saturated heterocycles. The van der Waals surface area contributed by atoms with Crippen LogP contribution < -0.4 is 10.5 Å². The van der Waals surface area contributed by atoms with E-state index in [4.69, 9.17) is 20.1 Å². The molecule has 20 heavy (non-hydrogen) atoms. The van der Waals surface area contributed by atoms with Crippen LogP contribution in [-0.4, -0.2) is 6.04 Å². The molecule has 0 fully saturated rings. The fourth-order valence-corrected chi connectivity index (χ4v) is 1.96. The Hall–Kier alpha value is -2.25. The molecule has 1 aromatic heterocycles. The first-order valence-corrected chi connectivity index (χ1v) is 6.62. The van der Waals surface area contributed by atoms with E-state index in [9.17, 15) is 0 Å². The Bertz CT molecular complexity index is 613. The van der Waals surface area contributed by atoms with Gasteiger partial charge in [-0.05, 0) is 43.7 Å². The first-order valence-electron chi connectivity index (χ1n) is 6.62. The van der Waals surface area contributed by atoms with Crippen molar-refractivity contribution in [3.05, 3.63) is 53.5 Å². The van der Waals surface area contributed by atoms with Crippen molar-refractivity contribution in [2.24, 2.45) is 5.73 Å². The lowest BCUT2D eigenvalue weighted by atomic mass is 10.1. The molecule has 4 heteroatoms. The van der Waals surface area contributed by atoms with Crippen molar-refractivity contribution >= 4 is 0 Å². The predicted molar refractivity (Wildman–Crippen MR) is 76.2 cm³/mol. The van der Waals surface area contributed by atoms with Crippen molar-refractivity contribution < 1.29 is 9.15 Å². The molecule has 2 N–H and O–H groups in total. The topological polar surface area (TPSA) is 72.2 Å². The Labute approximate surface area is 118 Å². The molecule has 0 saturated carbocycles. The molecule has 1 aromatic carbocycles. The summed E-state index contributed by atoms with van der Waals surface area (Å²) in [7, 11) is 0. The lowest BCUT2D eigenvalue weighted by Crippen LogP contribution is -2.31. The first-order chi connectivity index (χ1) is 9.63. The normalized spacial score (nSPS) is 13.5. The number of hydrogen-bond acceptors (Lipinski definition) is 4. The van der Waals surface area contributed by atoms with Crippen LogP contribution >= 0.6 is 0 Å². The van der Waals surface area contributed by atoms with Gasteiger partial charge < -0.3 is 14.9 Å². The Morgan fingerprint density at radius 3 is 2.75 bits per heavy atom. The molecule has 104 valence electrons. The van der Waals surface area contributed by atoms with Gasteiger partial charge in [-0.25, -0.2) is 0 Å². The van der Waals surface area contributed by atoms with Gasteiger partial charge in [0.1, 0.15) is 17.3 Å². The van der Waals surface area contributed by atoms with Crippen molar-refractivity contribution in [3.63, 3.8) is 0 Å². The van der Waals surface area contributed by atoms with Crippen molar-refractivity contribution in [1.29, 1.82) is 5.26 Å². The lowest BCUT2D eigenvalue weighted by molar-refractivity contribution is 0.143. The van der Waals surface area contributed by atoms with Crippen LogP contribution in [0.1, 0.15) is 36.5 Å². The molecule has 2 aromatic rings. The second-order valence-corrected chi connectivity index (χ2v) is 4.70. The molecule has 0 aliphatic rings. The minimum absolute atomic E-state index is 0.175. The van der Waals surface area contributed by atoms with Gasteiger partial charge in [0.15, 0.2) is 6.10 Å². The van der Waals surface area contributed by atoms with E-state index in [0.717, 1.165) is 12.2 Å². The molecule has 2 rings (SSSR count). The molecule has 0 radical (unpaired) electrons. The standard InChI is InChI=1S/C16H18N2O2/c1-3-14(18)16(15-8-7-11(2)19-15)20-13-6-4-5-12(9-13)10-17/h4-9,14,16H,3,18H2,1-2H3. The first kappa shape index (κ1) is 14.2. The second kappa shape index (κ2) is 6.27. The summed E-state index contributed by atoms with van der Waals surface area (Å²) in [5, 5.41) is 8.92. The van der Waals surface area contributed by atoms with Gasteiger partial charge in [0.25, 0.3) is 0 Å². The molecular weight excluding hydrogens is 252 g/mol. The van der Waals surface area contributed by atoms with Crippen LogP contribution in [0.15, 0.2) is 40.8 Å². The monoisotopic (exact) mass is 270 g/mol. The average Bonchev–Trinajstić information content (AvgIpc) is 2.90. The van der Waals surface area contributed by atoms with E-state index in [1.54, 1.807) is 18.2 Å². The molecule has 4 nitrogen and oxygen atoms in total. The maximum atomic E-state index is 8.92. The van der Waals surface area contributed by atoms with Gasteiger partial charge in [0, 0.05) is 6.04 Å². The highest BCUT2D eigenvalue weighted by atomic mass is 16.5. The van der Waals surface area contributed by atoms with Crippen LogP contribution in [0.25, 0.3) is 0 Å². The van der Waals surface area contributed by atoms with Gasteiger partial charge in [-0.3, -0.25) is 0 Å². The van der Waals surface area contributed by atoms with Gasteiger partial charge in [-0.2, -0.15) is 5.26 Å². The van der Waals surface area contributed by atoms with Crippen molar-refractivity contribution in [2.75, 3.05) is 0 Å². The number of nitrogens with two attached hydrogens (primary N) is 1. The van der Waals surface area contributed by atoms with Crippen molar-refractivity contribution in [2.45, 2.75) is 32.4 Å². The van der Waals surface area contributed by atoms with E-state index in [1.165, 1.54) is 0 Å². The summed E-state index contributed by atoms with van der Waals surface area (Å²) in [5.74, 6) is 2.15. The highest BCUT2D eigenvalue weighted by Gasteiger charge is 2.23. The van der Waals surface area contributed by atoms with Crippen LogP contribution in [0.4, 0.5) is 0 Å². The summed E-state index contributed by atoms with van der Waals surface area (Å²) in [4.78, 5) is 0. The second-order valence-electron chi connectivity index (χ2n) is 4.70. The zero-order valence-corrected chi connectivity index (χ0v) is 11.7. The summed E-state index contributed by atoms with van der Waals surface area (Å²) in [5.41, 5.74) is 6.68. The fraction of sp³-hybridized carbons (Fsp3) is 0.312. The minimum Gasteiger partial charge on any atom is -0.481 e. The predicted octanol–water partition coefficient (Wildman–Crippen LogP) is 3.32. The molecule has 1 heterocycles. The van der Waals surface area contributed by atoms with Gasteiger partial charge in [0.2, 0.25) is 0 Å². The Kier molecular flexibility index (Phi) is 4.44. The number of ether oxygens (including phenoxy) is 1. The van der Waals surface area contributed by atoms with Crippen molar-refractivity contribution in [1.82, 2.24) is 0 Å². The average molecular weight is 270 g/mol. The van der Waals surface area contributed by atoms with Gasteiger partial charge in [-0.15, -0.1) is 0 Å². The van der Waals surface area contributed by atoms with Gasteiger partial charge in [-0.1, -0.05) is 13.0 Å². The highest BCUT2D eigenvalue weighted by Crippen LogP contribution is 2.27. The largest absolute Gasteiger partial charge is 0.481 e. The molecule has 2 unspecified atom stereocenters. The van der Waals surface area contributed by atoms with E-state index in [-0.39, 0.29) is 12.1 Å². The van der Waals surface area contributed by atoms with E-state index in [1.807, 2.05) is 32.0 Å². The van der Waals surface area contributed by atoms with Gasteiger partial charge in [0.05, 0.1) is 11.6 Å². The summed E-state index contributed by atoms with van der Waals surface area (Å²) < 4.78 is 11.6. The number of nitrogens with zero attached hydrogens (tertiary/aromatic N) is 1. The lowest BCUT2D eigenvalue weighted by Gasteiger charge is -2.22. The van der Waals surface area contributed by atoms with Gasteiger partial charge >= 0.3 is 0 Å². The molecule has 2 atom stereocenters. The SMILES string of the molecule is CCC(N)C(Oc1cccc(C#N)c1)c1ccc(C)o1. The van der Waals surface area contributed by atoms with Crippen molar-refractivity contribution in [3.8, 4) is 11.8 Å². The maximum Gasteiger partial charge on any atom is 0.171 e. The molecule has 0 amide bonds. The Morgan fingerprint density at radius 2 is 2.15 bits per heavy atom. The van der Waals surface area contributed by atoms with E-state index in [2.05, 4.69) is 6.07 Å². The Morgan fingerprint density at radius 1 is 1.35 bits per heavy atom. The molecule has 0 aliphatic carbocycles. The zero-order chi connectivity index (χ0) is 14.5. The molecular formula is C16H18N2O2. The molecule has 0 bridgehead atoms. The molecule has 0 spiro atoms. The smallest absolute Gasteiger partial charge is 0.171 e. The molecule has 0 aliphatic heterocycles. The van der Waals surface area contributed by atoms with Crippen LogP contribution in [0.3, 0.4) is 0 Å². The third-order valence-electron chi connectivity index (χ3n) is 3.13. The number of rotatable bonds is 5. The minimum atomic E-state index is -0.359. The van der Waals surface area contributed by atoms with E-state index >= 15 is 0 Å². The maximum absolute atomic E-state index is 8.92. The van der Waals surface area contributed by atoms with Crippen LogP contribution in [0.2, 0.25) is 0 Å². The summed E-state index contributed by atoms with van der Waals surface area (Å²) in [6, 6.07) is 12.7. The number of nitriles is 1. The quantitative estimate of drug-likeness (QED) is 0.904. The number of furan rings is 1. The zero-order valence-electron chi connectivity index (χ0n) is 11.7. The van der Waals surface area contributed by atoms with E-state index in [0.29, 0.717) is 17.1 Å². The Balaban J connectivity index is 2.26. The van der Waals surface area contributed by atoms with Crippen LogP contribution in [-0.2, 0) is 0 Å². The number of aryl methyl sites for hydroxylation is 1. The summed E-state index contributed by atoms with van der Waals surface area (Å²) in [6.45, 7) is 3.89. The summed E-state index contributed by atoms with van der Waals surface area (Å²) in [6.07, 6.45) is 0.408. The highest BCUT2D eigenvalue weighted by molar-refractivity contribution is 5.36. The fourth-order valence-electron chi connectivity index (χ4n) is 1.96. The number of hydrogen-bond donors (Lipinski definition) is 1.